The van der Waals surface area contributed by atoms with Crippen molar-refractivity contribution in [3.05, 3.63) is 53.0 Å². The number of aliphatic carboxylic acids is 1. The van der Waals surface area contributed by atoms with Crippen LogP contribution in [0.4, 0.5) is 4.39 Å². The van der Waals surface area contributed by atoms with Gasteiger partial charge in [0, 0.05) is 18.9 Å². The highest BCUT2D eigenvalue weighted by atomic mass is 19.1. The molecule has 2 bridgehead atoms. The maximum Gasteiger partial charge on any atom is 0.303 e. The largest absolute Gasteiger partial charge is 0.481 e. The van der Waals surface area contributed by atoms with Crippen LogP contribution >= 0.6 is 0 Å². The fourth-order valence-corrected chi connectivity index (χ4v) is 6.77. The van der Waals surface area contributed by atoms with E-state index in [2.05, 4.69) is 10.3 Å². The van der Waals surface area contributed by atoms with Crippen molar-refractivity contribution in [1.82, 2.24) is 10.3 Å². The van der Waals surface area contributed by atoms with Gasteiger partial charge in [-0.1, -0.05) is 51.0 Å². The zero-order chi connectivity index (χ0) is 26.5. The van der Waals surface area contributed by atoms with Crippen LogP contribution < -0.4 is 5.32 Å². The number of halogens is 1. The van der Waals surface area contributed by atoms with Gasteiger partial charge in [-0.3, -0.25) is 9.59 Å². The molecule has 4 atom stereocenters. The van der Waals surface area contributed by atoms with E-state index in [4.69, 9.17) is 14.3 Å². The second-order valence-corrected chi connectivity index (χ2v) is 11.3. The Morgan fingerprint density at radius 3 is 2.68 bits per heavy atom. The molecule has 2 saturated heterocycles. The average Bonchev–Trinajstić information content (AvgIpc) is 3.65. The molecular formula is C30H39FN2O5. The van der Waals surface area contributed by atoms with Crippen molar-refractivity contribution in [1.29, 1.82) is 0 Å². The van der Waals surface area contributed by atoms with Gasteiger partial charge in [0.2, 0.25) is 5.89 Å². The summed E-state index contributed by atoms with van der Waals surface area (Å²) in [6.45, 7) is 0.631. The molecule has 1 aliphatic carbocycles. The normalized spacial score (nSPS) is 25.1. The number of ether oxygens (including phenoxy) is 1. The van der Waals surface area contributed by atoms with E-state index in [1.165, 1.54) is 56.9 Å². The van der Waals surface area contributed by atoms with E-state index in [0.717, 1.165) is 42.7 Å². The molecule has 5 rings (SSSR count). The Labute approximate surface area is 223 Å². The molecule has 8 heteroatoms. The summed E-state index contributed by atoms with van der Waals surface area (Å²) in [6.07, 6.45) is 14.2. The van der Waals surface area contributed by atoms with Crippen LogP contribution in [0.3, 0.4) is 0 Å². The highest BCUT2D eigenvalue weighted by Gasteiger charge is 2.51. The summed E-state index contributed by atoms with van der Waals surface area (Å²) in [5.41, 5.74) is 1.92. The molecule has 4 unspecified atom stereocenters. The Morgan fingerprint density at radius 2 is 1.87 bits per heavy atom. The first-order valence-electron chi connectivity index (χ1n) is 14.4. The number of unbranched alkanes of at least 4 members (excludes halogenated alkanes) is 1. The number of nitrogens with zero attached hydrogens (tertiary/aromatic N) is 1. The van der Waals surface area contributed by atoms with Gasteiger partial charge in [-0.25, -0.2) is 9.37 Å². The third kappa shape index (κ3) is 6.45. The number of rotatable bonds is 12. The number of oxazole rings is 1. The fraction of sp³-hybridized carbons (Fsp3) is 0.633. The summed E-state index contributed by atoms with van der Waals surface area (Å²) in [6, 6.07) is 4.56. The SMILES string of the molecule is O=C(O)CCc1ccc(F)cc1CC1C2CCC(O2)C1c1nc(C(=O)NCCCCC2CCCCC2)co1. The van der Waals surface area contributed by atoms with Gasteiger partial charge in [-0.15, -0.1) is 0 Å². The molecule has 2 N–H and O–H groups in total. The van der Waals surface area contributed by atoms with Crippen molar-refractivity contribution >= 4 is 11.9 Å². The number of carboxylic acid groups (broad SMARTS) is 1. The minimum Gasteiger partial charge on any atom is -0.481 e. The molecule has 2 aliphatic heterocycles. The van der Waals surface area contributed by atoms with Gasteiger partial charge >= 0.3 is 5.97 Å². The molecule has 1 amide bonds. The zero-order valence-corrected chi connectivity index (χ0v) is 22.0. The molecule has 2 aromatic rings. The van der Waals surface area contributed by atoms with Crippen molar-refractivity contribution in [3.63, 3.8) is 0 Å². The number of carbonyl (C=O) groups is 2. The fourth-order valence-electron chi connectivity index (χ4n) is 6.77. The summed E-state index contributed by atoms with van der Waals surface area (Å²) in [5, 5.41) is 12.1. The molecule has 0 radical (unpaired) electrons. The predicted octanol–water partition coefficient (Wildman–Crippen LogP) is 5.82. The van der Waals surface area contributed by atoms with E-state index >= 15 is 0 Å². The number of aromatic nitrogens is 1. The minimum atomic E-state index is -0.878. The van der Waals surface area contributed by atoms with E-state index in [9.17, 15) is 14.0 Å². The van der Waals surface area contributed by atoms with Crippen LogP contribution in [0.1, 0.15) is 104 Å². The van der Waals surface area contributed by atoms with Gasteiger partial charge in [-0.05, 0) is 61.3 Å². The van der Waals surface area contributed by atoms with Gasteiger partial charge < -0.3 is 19.6 Å². The van der Waals surface area contributed by atoms with Crippen molar-refractivity contribution in [2.45, 2.75) is 102 Å². The molecule has 3 heterocycles. The summed E-state index contributed by atoms with van der Waals surface area (Å²) in [4.78, 5) is 28.4. The summed E-state index contributed by atoms with van der Waals surface area (Å²) < 4.78 is 26.2. The van der Waals surface area contributed by atoms with E-state index in [-0.39, 0.29) is 47.9 Å². The minimum absolute atomic E-state index is 0.00588. The average molecular weight is 527 g/mol. The number of hydrogen-bond acceptors (Lipinski definition) is 5. The van der Waals surface area contributed by atoms with E-state index in [1.54, 1.807) is 6.07 Å². The molecule has 1 aromatic heterocycles. The molecule has 0 spiro atoms. The van der Waals surface area contributed by atoms with Crippen molar-refractivity contribution in [3.8, 4) is 0 Å². The standard InChI is InChI=1S/C30H39FN2O5/c31-22-11-9-20(10-14-27(34)35)21(16-22)17-23-25-12-13-26(38-25)28(23)30-33-24(18-37-30)29(36)32-15-5-4-8-19-6-2-1-3-7-19/h9,11,16,18-19,23,25-26,28H,1-8,10,12-15,17H2,(H,32,36)(H,34,35). The van der Waals surface area contributed by atoms with Gasteiger partial charge in [0.05, 0.1) is 18.1 Å². The van der Waals surface area contributed by atoms with Crippen LogP contribution in [0.5, 0.6) is 0 Å². The highest BCUT2D eigenvalue weighted by molar-refractivity contribution is 5.91. The third-order valence-corrected chi connectivity index (χ3v) is 8.75. The van der Waals surface area contributed by atoms with Crippen LogP contribution in [-0.4, -0.2) is 40.7 Å². The second-order valence-electron chi connectivity index (χ2n) is 11.3. The van der Waals surface area contributed by atoms with Crippen LogP contribution in [0.15, 0.2) is 28.9 Å². The number of nitrogens with one attached hydrogen (secondary N) is 1. The van der Waals surface area contributed by atoms with E-state index < -0.39 is 5.97 Å². The van der Waals surface area contributed by atoms with Crippen LogP contribution in [-0.2, 0) is 22.4 Å². The zero-order valence-electron chi connectivity index (χ0n) is 22.0. The second kappa shape index (κ2) is 12.4. The smallest absolute Gasteiger partial charge is 0.303 e. The first-order valence-corrected chi connectivity index (χ1v) is 14.4. The number of fused-ring (bicyclic) bond motifs is 2. The molecular weight excluding hydrogens is 487 g/mol. The van der Waals surface area contributed by atoms with Gasteiger partial charge in [-0.2, -0.15) is 0 Å². The third-order valence-electron chi connectivity index (χ3n) is 8.75. The molecule has 3 aliphatic rings. The number of carboxylic acids is 1. The maximum absolute atomic E-state index is 14.1. The van der Waals surface area contributed by atoms with Gasteiger partial charge in [0.15, 0.2) is 5.69 Å². The Morgan fingerprint density at radius 1 is 1.05 bits per heavy atom. The summed E-state index contributed by atoms with van der Waals surface area (Å²) >= 11 is 0. The Hall–Kier alpha value is -2.74. The lowest BCUT2D eigenvalue weighted by atomic mass is 9.75. The lowest BCUT2D eigenvalue weighted by Gasteiger charge is -2.26. The molecule has 7 nitrogen and oxygen atoms in total. The topological polar surface area (TPSA) is 102 Å². The molecule has 1 aromatic carbocycles. The monoisotopic (exact) mass is 526 g/mol. The quantitative estimate of drug-likeness (QED) is 0.338. The maximum atomic E-state index is 14.1. The van der Waals surface area contributed by atoms with Crippen molar-refractivity contribution in [2.75, 3.05) is 6.54 Å². The summed E-state index contributed by atoms with van der Waals surface area (Å²) in [5.74, 6) is -0.192. The predicted molar refractivity (Wildman–Crippen MR) is 139 cm³/mol. The lowest BCUT2D eigenvalue weighted by molar-refractivity contribution is -0.136. The van der Waals surface area contributed by atoms with E-state index in [0.29, 0.717) is 25.3 Å². The lowest BCUT2D eigenvalue weighted by Crippen LogP contribution is -2.28. The first kappa shape index (κ1) is 26.9. The van der Waals surface area contributed by atoms with Crippen molar-refractivity contribution < 1.29 is 28.2 Å². The molecule has 206 valence electrons. The summed E-state index contributed by atoms with van der Waals surface area (Å²) in [7, 11) is 0. The molecule has 1 saturated carbocycles. The first-order chi connectivity index (χ1) is 18.5. The van der Waals surface area contributed by atoms with Crippen molar-refractivity contribution in [2.24, 2.45) is 11.8 Å². The van der Waals surface area contributed by atoms with E-state index in [1.807, 2.05) is 0 Å². The Bertz CT molecular complexity index is 1110. The number of aryl methyl sites for hydroxylation is 1. The Kier molecular flexibility index (Phi) is 8.77. The number of amides is 1. The number of hydrogen-bond donors (Lipinski definition) is 2. The van der Waals surface area contributed by atoms with Crippen LogP contribution in [0.2, 0.25) is 0 Å². The number of carbonyl (C=O) groups excluding carboxylic acids is 1. The highest BCUT2D eigenvalue weighted by Crippen LogP contribution is 2.50. The van der Waals surface area contributed by atoms with Crippen LogP contribution in [0.25, 0.3) is 0 Å². The molecule has 38 heavy (non-hydrogen) atoms. The molecule has 3 fully saturated rings. The Balaban J connectivity index is 1.19. The number of benzene rings is 1. The van der Waals surface area contributed by atoms with Gasteiger partial charge in [0.1, 0.15) is 12.1 Å². The van der Waals surface area contributed by atoms with Gasteiger partial charge in [0.25, 0.3) is 5.91 Å². The van der Waals surface area contributed by atoms with Crippen LogP contribution in [0, 0.1) is 17.7 Å².